The second-order valence-electron chi connectivity index (χ2n) is 4.53. The molecule has 0 bridgehead atoms. The molecule has 2 heterocycles. The van der Waals surface area contributed by atoms with Crippen molar-refractivity contribution in [1.82, 2.24) is 14.7 Å². The number of carbonyl (C=O) groups excluding carboxylic acids is 1. The first-order valence-corrected chi connectivity index (χ1v) is 6.05. The predicted octanol–water partition coefficient (Wildman–Crippen LogP) is 0.184. The summed E-state index contributed by atoms with van der Waals surface area (Å²) in [6, 6.07) is 0. The lowest BCUT2D eigenvalue weighted by Crippen LogP contribution is -2.42. The average Bonchev–Trinajstić information content (AvgIpc) is 2.75. The fraction of sp³-hybridized carbons (Fsp3) is 0.667. The van der Waals surface area contributed by atoms with Gasteiger partial charge >= 0.3 is 5.97 Å². The molecule has 2 rings (SSSR count). The Balaban J connectivity index is 1.84. The van der Waals surface area contributed by atoms with Crippen LogP contribution in [0.5, 0.6) is 0 Å². The van der Waals surface area contributed by atoms with Crippen molar-refractivity contribution < 1.29 is 14.3 Å². The van der Waals surface area contributed by atoms with Crippen molar-refractivity contribution in [3.05, 3.63) is 18.0 Å². The first-order chi connectivity index (χ1) is 8.67. The molecular formula is C12H19N3O3. The molecule has 100 valence electrons. The second-order valence-corrected chi connectivity index (χ2v) is 4.53. The zero-order valence-corrected chi connectivity index (χ0v) is 10.8. The van der Waals surface area contributed by atoms with Gasteiger partial charge in [0, 0.05) is 38.4 Å². The molecule has 0 radical (unpaired) electrons. The van der Waals surface area contributed by atoms with Crippen LogP contribution in [-0.4, -0.2) is 53.6 Å². The van der Waals surface area contributed by atoms with Gasteiger partial charge in [0.1, 0.15) is 0 Å². The maximum atomic E-state index is 11.2. The number of ether oxygens (including phenoxy) is 2. The third-order valence-corrected chi connectivity index (χ3v) is 3.01. The zero-order valence-electron chi connectivity index (χ0n) is 10.8. The highest BCUT2D eigenvalue weighted by Crippen LogP contribution is 2.12. The van der Waals surface area contributed by atoms with Crippen molar-refractivity contribution in [2.45, 2.75) is 19.1 Å². The normalized spacial score (nSPS) is 20.9. The Hall–Kier alpha value is -1.40. The first kappa shape index (κ1) is 13.0. The summed E-state index contributed by atoms with van der Waals surface area (Å²) >= 11 is 0. The van der Waals surface area contributed by atoms with Crippen molar-refractivity contribution in [3.8, 4) is 0 Å². The van der Waals surface area contributed by atoms with Gasteiger partial charge in [-0.05, 0) is 0 Å². The van der Waals surface area contributed by atoms with E-state index in [1.165, 1.54) is 12.7 Å². The van der Waals surface area contributed by atoms with E-state index in [9.17, 15) is 4.79 Å². The SMILES string of the molecule is COC(=O)CC1CN(Cc2cnn(C)c2)CCO1. The predicted molar refractivity (Wildman–Crippen MR) is 64.9 cm³/mol. The molecule has 18 heavy (non-hydrogen) atoms. The van der Waals surface area contributed by atoms with E-state index < -0.39 is 0 Å². The molecule has 0 aliphatic carbocycles. The summed E-state index contributed by atoms with van der Waals surface area (Å²) in [7, 11) is 3.31. The number of esters is 1. The molecule has 0 aromatic carbocycles. The van der Waals surface area contributed by atoms with Crippen LogP contribution in [0.2, 0.25) is 0 Å². The van der Waals surface area contributed by atoms with Crippen molar-refractivity contribution in [3.63, 3.8) is 0 Å². The van der Waals surface area contributed by atoms with E-state index in [1.807, 2.05) is 19.4 Å². The van der Waals surface area contributed by atoms with E-state index >= 15 is 0 Å². The largest absolute Gasteiger partial charge is 0.469 e. The van der Waals surface area contributed by atoms with Gasteiger partial charge in [-0.1, -0.05) is 0 Å². The molecular weight excluding hydrogens is 234 g/mol. The first-order valence-electron chi connectivity index (χ1n) is 6.05. The lowest BCUT2D eigenvalue weighted by molar-refractivity contribution is -0.145. The van der Waals surface area contributed by atoms with Crippen LogP contribution >= 0.6 is 0 Å². The summed E-state index contributed by atoms with van der Waals surface area (Å²) in [4.78, 5) is 13.5. The third-order valence-electron chi connectivity index (χ3n) is 3.01. The average molecular weight is 253 g/mol. The Morgan fingerprint density at radius 2 is 2.50 bits per heavy atom. The van der Waals surface area contributed by atoms with Gasteiger partial charge in [0.15, 0.2) is 0 Å². The third kappa shape index (κ3) is 3.54. The molecule has 0 saturated carbocycles. The molecule has 1 aliphatic rings. The van der Waals surface area contributed by atoms with Crippen molar-refractivity contribution in [2.75, 3.05) is 26.8 Å². The van der Waals surface area contributed by atoms with Gasteiger partial charge < -0.3 is 9.47 Å². The molecule has 1 aromatic rings. The second kappa shape index (κ2) is 5.97. The Labute approximate surface area is 106 Å². The van der Waals surface area contributed by atoms with Gasteiger partial charge in [-0.15, -0.1) is 0 Å². The number of rotatable bonds is 4. The summed E-state index contributed by atoms with van der Waals surface area (Å²) in [5, 5.41) is 4.15. The number of methoxy groups -OCH3 is 1. The molecule has 1 aromatic heterocycles. The maximum absolute atomic E-state index is 11.2. The number of aryl methyl sites for hydroxylation is 1. The fourth-order valence-electron chi connectivity index (χ4n) is 2.13. The van der Waals surface area contributed by atoms with Crippen molar-refractivity contribution in [2.24, 2.45) is 7.05 Å². The Morgan fingerprint density at radius 3 is 3.17 bits per heavy atom. The Morgan fingerprint density at radius 1 is 1.67 bits per heavy atom. The number of carbonyl (C=O) groups is 1. The van der Waals surface area contributed by atoms with E-state index in [4.69, 9.17) is 4.74 Å². The highest BCUT2D eigenvalue weighted by molar-refractivity contribution is 5.69. The van der Waals surface area contributed by atoms with Crippen LogP contribution in [0.25, 0.3) is 0 Å². The standard InChI is InChI=1S/C12H19N3O3/c1-14-7-10(6-13-14)8-15-3-4-18-11(9-15)5-12(16)17-2/h6-7,11H,3-5,8-9H2,1-2H3. The highest BCUT2D eigenvalue weighted by Gasteiger charge is 2.23. The molecule has 0 spiro atoms. The molecule has 6 nitrogen and oxygen atoms in total. The number of aromatic nitrogens is 2. The number of hydrogen-bond donors (Lipinski definition) is 0. The minimum Gasteiger partial charge on any atom is -0.469 e. The van der Waals surface area contributed by atoms with Gasteiger partial charge in [0.2, 0.25) is 0 Å². The zero-order chi connectivity index (χ0) is 13.0. The van der Waals surface area contributed by atoms with E-state index in [0.29, 0.717) is 13.0 Å². The fourth-order valence-corrected chi connectivity index (χ4v) is 2.13. The minimum absolute atomic E-state index is 0.0668. The van der Waals surface area contributed by atoms with Gasteiger partial charge in [-0.25, -0.2) is 0 Å². The van der Waals surface area contributed by atoms with Crippen LogP contribution in [-0.2, 0) is 27.9 Å². The molecule has 1 fully saturated rings. The van der Waals surface area contributed by atoms with Crippen LogP contribution in [0, 0.1) is 0 Å². The number of morpholine rings is 1. The molecule has 1 saturated heterocycles. The molecule has 6 heteroatoms. The van der Waals surface area contributed by atoms with Crippen LogP contribution < -0.4 is 0 Å². The van der Waals surface area contributed by atoms with E-state index in [0.717, 1.165) is 19.6 Å². The summed E-state index contributed by atoms with van der Waals surface area (Å²) in [6.45, 7) is 3.13. The number of hydrogen-bond acceptors (Lipinski definition) is 5. The van der Waals surface area contributed by atoms with E-state index in [-0.39, 0.29) is 12.1 Å². The van der Waals surface area contributed by atoms with E-state index in [2.05, 4.69) is 14.7 Å². The molecule has 1 aliphatic heterocycles. The summed E-state index contributed by atoms with van der Waals surface area (Å²) in [5.41, 5.74) is 1.18. The quantitative estimate of drug-likeness (QED) is 0.717. The van der Waals surface area contributed by atoms with Gasteiger partial charge in [0.25, 0.3) is 0 Å². The smallest absolute Gasteiger partial charge is 0.308 e. The van der Waals surface area contributed by atoms with Crippen LogP contribution in [0.15, 0.2) is 12.4 Å². The van der Waals surface area contributed by atoms with Crippen molar-refractivity contribution in [1.29, 1.82) is 0 Å². The van der Waals surface area contributed by atoms with Gasteiger partial charge in [-0.3, -0.25) is 14.4 Å². The van der Waals surface area contributed by atoms with Crippen LogP contribution in [0.3, 0.4) is 0 Å². The number of nitrogens with zero attached hydrogens (tertiary/aromatic N) is 3. The summed E-state index contributed by atoms with van der Waals surface area (Å²) < 4.78 is 12.0. The molecule has 0 amide bonds. The summed E-state index contributed by atoms with van der Waals surface area (Å²) in [5.74, 6) is -0.219. The van der Waals surface area contributed by atoms with E-state index in [1.54, 1.807) is 4.68 Å². The lowest BCUT2D eigenvalue weighted by Gasteiger charge is -2.32. The molecule has 1 atom stereocenters. The Kier molecular flexibility index (Phi) is 4.33. The maximum Gasteiger partial charge on any atom is 0.308 e. The topological polar surface area (TPSA) is 56.6 Å². The minimum atomic E-state index is -0.219. The van der Waals surface area contributed by atoms with Gasteiger partial charge in [-0.2, -0.15) is 5.10 Å². The van der Waals surface area contributed by atoms with Crippen molar-refractivity contribution >= 4 is 5.97 Å². The molecule has 1 unspecified atom stereocenters. The highest BCUT2D eigenvalue weighted by atomic mass is 16.5. The molecule has 0 N–H and O–H groups in total. The van der Waals surface area contributed by atoms with Crippen LogP contribution in [0.4, 0.5) is 0 Å². The van der Waals surface area contributed by atoms with Crippen LogP contribution in [0.1, 0.15) is 12.0 Å². The Bertz CT molecular complexity index is 405. The van der Waals surface area contributed by atoms with Gasteiger partial charge in [0.05, 0.1) is 32.4 Å². The lowest BCUT2D eigenvalue weighted by atomic mass is 10.2. The monoisotopic (exact) mass is 253 g/mol. The summed E-state index contributed by atoms with van der Waals surface area (Å²) in [6.07, 6.45) is 4.12.